The number of fused-ring (bicyclic) bond motifs is 1. The Kier molecular flexibility index (Phi) is 5.22. The van der Waals surface area contributed by atoms with Crippen molar-refractivity contribution in [2.75, 3.05) is 39.3 Å². The third kappa shape index (κ3) is 3.62. The number of methoxy groups -OCH3 is 1. The minimum absolute atomic E-state index is 0.291. The van der Waals surface area contributed by atoms with E-state index in [4.69, 9.17) is 19.9 Å². The molecular weight excluding hydrogens is 262 g/mol. The Hall–Kier alpha value is -1.77. The van der Waals surface area contributed by atoms with Crippen molar-refractivity contribution in [3.8, 4) is 0 Å². The fourth-order valence-corrected chi connectivity index (χ4v) is 1.68. The maximum absolute atomic E-state index is 5.86. The third-order valence-corrected chi connectivity index (χ3v) is 2.70. The summed E-state index contributed by atoms with van der Waals surface area (Å²) in [6, 6.07) is 0. The van der Waals surface area contributed by atoms with E-state index in [9.17, 15) is 0 Å². The Morgan fingerprint density at radius 2 is 1.90 bits per heavy atom. The molecule has 0 fully saturated rings. The first kappa shape index (κ1) is 14.6. The van der Waals surface area contributed by atoms with Gasteiger partial charge in [-0.3, -0.25) is 4.68 Å². The number of ether oxygens (including phenoxy) is 3. The first-order valence-electron chi connectivity index (χ1n) is 6.31. The van der Waals surface area contributed by atoms with Crippen LogP contribution in [0.3, 0.4) is 0 Å². The molecule has 2 N–H and O–H groups in total. The summed E-state index contributed by atoms with van der Waals surface area (Å²) in [7, 11) is 3.44. The molecule has 0 radical (unpaired) electrons. The van der Waals surface area contributed by atoms with Crippen LogP contribution in [0, 0.1) is 0 Å². The molecular formula is C12H19N5O3. The first-order chi connectivity index (χ1) is 9.72. The predicted molar refractivity (Wildman–Crippen MR) is 73.1 cm³/mol. The van der Waals surface area contributed by atoms with Gasteiger partial charge in [-0.1, -0.05) is 0 Å². The summed E-state index contributed by atoms with van der Waals surface area (Å²) in [6.45, 7) is 2.41. The first-order valence-corrected chi connectivity index (χ1v) is 6.31. The van der Waals surface area contributed by atoms with Gasteiger partial charge >= 0.3 is 0 Å². The van der Waals surface area contributed by atoms with Crippen molar-refractivity contribution in [2.24, 2.45) is 7.05 Å². The average molecular weight is 281 g/mol. The highest BCUT2D eigenvalue weighted by atomic mass is 16.5. The Morgan fingerprint density at radius 3 is 2.70 bits per heavy atom. The lowest BCUT2D eigenvalue weighted by Gasteiger charge is -2.06. The van der Waals surface area contributed by atoms with E-state index < -0.39 is 0 Å². The normalized spacial score (nSPS) is 11.3. The molecule has 0 spiro atoms. The van der Waals surface area contributed by atoms with Crippen LogP contribution in [0.4, 0.5) is 5.82 Å². The summed E-state index contributed by atoms with van der Waals surface area (Å²) in [5.74, 6) is 0.952. The maximum atomic E-state index is 5.86. The quantitative estimate of drug-likeness (QED) is 0.686. The number of rotatable bonds is 8. The van der Waals surface area contributed by atoms with E-state index in [2.05, 4.69) is 15.1 Å². The van der Waals surface area contributed by atoms with Gasteiger partial charge < -0.3 is 19.9 Å². The smallest absolute Gasteiger partial charge is 0.163 e. The van der Waals surface area contributed by atoms with E-state index in [0.29, 0.717) is 50.3 Å². The molecule has 0 aliphatic carbocycles. The van der Waals surface area contributed by atoms with Gasteiger partial charge in [0.1, 0.15) is 12.4 Å². The van der Waals surface area contributed by atoms with Gasteiger partial charge in [0.2, 0.25) is 0 Å². The Labute approximate surface area is 116 Å². The molecule has 0 atom stereocenters. The predicted octanol–water partition coefficient (Wildman–Crippen LogP) is 0.125. The van der Waals surface area contributed by atoms with Gasteiger partial charge in [0.25, 0.3) is 0 Å². The lowest BCUT2D eigenvalue weighted by atomic mass is 10.4. The average Bonchev–Trinajstić information content (AvgIpc) is 2.80. The van der Waals surface area contributed by atoms with E-state index >= 15 is 0 Å². The van der Waals surface area contributed by atoms with Crippen LogP contribution in [0.2, 0.25) is 0 Å². The molecule has 2 rings (SSSR count). The highest BCUT2D eigenvalue weighted by Crippen LogP contribution is 2.16. The molecule has 0 saturated heterocycles. The van der Waals surface area contributed by atoms with E-state index in [1.807, 2.05) is 7.05 Å². The van der Waals surface area contributed by atoms with E-state index in [1.54, 1.807) is 18.0 Å². The second-order valence-electron chi connectivity index (χ2n) is 4.19. The van der Waals surface area contributed by atoms with Gasteiger partial charge in [0.15, 0.2) is 11.5 Å². The summed E-state index contributed by atoms with van der Waals surface area (Å²) in [6.07, 6.45) is 1.65. The number of hydrogen-bond donors (Lipinski definition) is 1. The van der Waals surface area contributed by atoms with Gasteiger partial charge in [0, 0.05) is 14.2 Å². The Balaban J connectivity index is 1.83. The summed E-state index contributed by atoms with van der Waals surface area (Å²) in [5, 5.41) is 4.85. The Bertz CT molecular complexity index is 557. The molecule has 20 heavy (non-hydrogen) atoms. The van der Waals surface area contributed by atoms with Crippen molar-refractivity contribution in [3.63, 3.8) is 0 Å². The zero-order chi connectivity index (χ0) is 14.4. The second-order valence-corrected chi connectivity index (χ2v) is 4.19. The molecule has 0 aliphatic heterocycles. The number of aromatic nitrogens is 4. The highest BCUT2D eigenvalue weighted by Gasteiger charge is 2.09. The summed E-state index contributed by atoms with van der Waals surface area (Å²) in [5.41, 5.74) is 6.56. The molecule has 0 bridgehead atoms. The van der Waals surface area contributed by atoms with Crippen molar-refractivity contribution < 1.29 is 14.2 Å². The molecule has 0 saturated carbocycles. The molecule has 0 aromatic carbocycles. The van der Waals surface area contributed by atoms with Crippen LogP contribution in [0.1, 0.15) is 5.82 Å². The largest absolute Gasteiger partial charge is 0.383 e. The molecule has 2 aromatic rings. The van der Waals surface area contributed by atoms with Crippen molar-refractivity contribution in [1.82, 2.24) is 19.7 Å². The molecule has 110 valence electrons. The lowest BCUT2D eigenvalue weighted by Crippen LogP contribution is -2.10. The van der Waals surface area contributed by atoms with Gasteiger partial charge in [0.05, 0.1) is 38.0 Å². The molecule has 0 aliphatic rings. The van der Waals surface area contributed by atoms with Gasteiger partial charge in [-0.25, -0.2) is 9.97 Å². The summed E-state index contributed by atoms with van der Waals surface area (Å²) >= 11 is 0. The topological polar surface area (TPSA) is 97.3 Å². The monoisotopic (exact) mass is 281 g/mol. The van der Waals surface area contributed by atoms with Crippen LogP contribution in [0.15, 0.2) is 6.20 Å². The Morgan fingerprint density at radius 1 is 1.15 bits per heavy atom. The second kappa shape index (κ2) is 7.13. The standard InChI is InChI=1S/C12H19N5O3/c1-17-12-9(7-14-17)11(13)15-10(16-12)8-20-6-5-19-4-3-18-2/h7H,3-6,8H2,1-2H3,(H2,13,15,16). The van der Waals surface area contributed by atoms with Crippen LogP contribution >= 0.6 is 0 Å². The van der Waals surface area contributed by atoms with Crippen LogP contribution < -0.4 is 5.73 Å². The van der Waals surface area contributed by atoms with Crippen LogP contribution in [0.25, 0.3) is 11.0 Å². The van der Waals surface area contributed by atoms with Crippen molar-refractivity contribution >= 4 is 16.9 Å². The van der Waals surface area contributed by atoms with Crippen molar-refractivity contribution in [1.29, 1.82) is 0 Å². The maximum Gasteiger partial charge on any atom is 0.163 e. The van der Waals surface area contributed by atoms with Crippen LogP contribution in [0.5, 0.6) is 0 Å². The number of nitrogens with zero attached hydrogens (tertiary/aromatic N) is 4. The fraction of sp³-hybridized carbons (Fsp3) is 0.583. The molecule has 8 nitrogen and oxygen atoms in total. The number of nitrogens with two attached hydrogens (primary N) is 1. The summed E-state index contributed by atoms with van der Waals surface area (Å²) in [4.78, 5) is 8.56. The van der Waals surface area contributed by atoms with E-state index in [1.165, 1.54) is 0 Å². The lowest BCUT2D eigenvalue weighted by molar-refractivity contribution is 0.0185. The SMILES string of the molecule is COCCOCCOCc1nc(N)c2cnn(C)c2n1. The van der Waals surface area contributed by atoms with E-state index in [0.717, 1.165) is 5.39 Å². The minimum Gasteiger partial charge on any atom is -0.383 e. The number of nitrogen functional groups attached to an aromatic ring is 1. The molecule has 8 heteroatoms. The number of aryl methyl sites for hydroxylation is 1. The number of anilines is 1. The molecule has 2 aromatic heterocycles. The zero-order valence-electron chi connectivity index (χ0n) is 11.7. The summed E-state index contributed by atoms with van der Waals surface area (Å²) < 4.78 is 17.3. The molecule has 0 amide bonds. The number of hydrogen-bond acceptors (Lipinski definition) is 7. The highest BCUT2D eigenvalue weighted by molar-refractivity contribution is 5.84. The third-order valence-electron chi connectivity index (χ3n) is 2.70. The molecule has 2 heterocycles. The zero-order valence-corrected chi connectivity index (χ0v) is 11.7. The van der Waals surface area contributed by atoms with Crippen molar-refractivity contribution in [3.05, 3.63) is 12.0 Å². The van der Waals surface area contributed by atoms with Gasteiger partial charge in [-0.2, -0.15) is 5.10 Å². The van der Waals surface area contributed by atoms with Gasteiger partial charge in [-0.15, -0.1) is 0 Å². The fourth-order valence-electron chi connectivity index (χ4n) is 1.68. The van der Waals surface area contributed by atoms with Gasteiger partial charge in [-0.05, 0) is 0 Å². The van der Waals surface area contributed by atoms with Crippen molar-refractivity contribution in [2.45, 2.75) is 6.61 Å². The molecule has 0 unspecified atom stereocenters. The van der Waals surface area contributed by atoms with Crippen LogP contribution in [-0.4, -0.2) is 53.3 Å². The minimum atomic E-state index is 0.291. The van der Waals surface area contributed by atoms with E-state index in [-0.39, 0.29) is 0 Å². The van der Waals surface area contributed by atoms with Crippen LogP contribution in [-0.2, 0) is 27.9 Å².